The molecule has 0 unspecified atom stereocenters. The van der Waals surface area contributed by atoms with Crippen molar-refractivity contribution in [2.45, 2.75) is 6.18 Å². The van der Waals surface area contributed by atoms with Gasteiger partial charge in [-0.15, -0.1) is 0 Å². The summed E-state index contributed by atoms with van der Waals surface area (Å²) in [6.07, 6.45) is -4.48. The fraction of sp³-hybridized carbons (Fsp3) is 0.182. The summed E-state index contributed by atoms with van der Waals surface area (Å²) in [6, 6.07) is 4.33. The van der Waals surface area contributed by atoms with Crippen molar-refractivity contribution in [2.75, 3.05) is 6.61 Å². The largest absolute Gasteiger partial charge is 0.416 e. The molecule has 0 aliphatic carbocycles. The Labute approximate surface area is 89.9 Å². The van der Waals surface area contributed by atoms with E-state index in [0.29, 0.717) is 0 Å². The summed E-state index contributed by atoms with van der Waals surface area (Å²) in [5.74, 6) is 4.67. The van der Waals surface area contributed by atoms with E-state index in [9.17, 15) is 13.2 Å². The normalized spacial score (nSPS) is 10.2. The van der Waals surface area contributed by atoms with Gasteiger partial charge in [0.2, 0.25) is 0 Å². The lowest BCUT2D eigenvalue weighted by molar-refractivity contribution is -0.137. The van der Waals surface area contributed by atoms with Gasteiger partial charge in [0.15, 0.2) is 0 Å². The summed E-state index contributed by atoms with van der Waals surface area (Å²) in [4.78, 5) is 0. The number of benzene rings is 1. The first-order valence-corrected chi connectivity index (χ1v) is 4.20. The zero-order valence-corrected chi connectivity index (χ0v) is 7.97. The van der Waals surface area contributed by atoms with Crippen LogP contribution in [0.2, 0.25) is 0 Å². The van der Waals surface area contributed by atoms with Gasteiger partial charge in [-0.3, -0.25) is 0 Å². The lowest BCUT2D eigenvalue weighted by atomic mass is 10.0. The van der Waals surface area contributed by atoms with Crippen LogP contribution in [0.3, 0.4) is 0 Å². The van der Waals surface area contributed by atoms with Gasteiger partial charge in [0.1, 0.15) is 12.7 Å². The number of hydrogen-bond donors (Lipinski definition) is 1. The second kappa shape index (κ2) is 4.69. The van der Waals surface area contributed by atoms with Crippen molar-refractivity contribution in [3.8, 4) is 17.9 Å². The quantitative estimate of drug-likeness (QED) is 0.685. The molecule has 0 bridgehead atoms. The Morgan fingerprint density at radius 1 is 1.25 bits per heavy atom. The first-order chi connectivity index (χ1) is 7.49. The summed E-state index contributed by atoms with van der Waals surface area (Å²) < 4.78 is 36.9. The summed E-state index contributed by atoms with van der Waals surface area (Å²) in [6.45, 7) is -0.411. The van der Waals surface area contributed by atoms with Crippen LogP contribution in [0.5, 0.6) is 0 Å². The molecule has 0 aromatic heterocycles. The number of hydrogen-bond acceptors (Lipinski definition) is 2. The number of nitrogens with zero attached hydrogens (tertiary/aromatic N) is 1. The van der Waals surface area contributed by atoms with Crippen LogP contribution in [0.15, 0.2) is 18.2 Å². The number of nitriles is 1. The molecule has 0 heterocycles. The van der Waals surface area contributed by atoms with E-state index in [-0.39, 0.29) is 11.1 Å². The number of aliphatic hydroxyl groups excluding tert-OH is 1. The fourth-order valence-corrected chi connectivity index (χ4v) is 1.06. The van der Waals surface area contributed by atoms with E-state index in [4.69, 9.17) is 10.4 Å². The van der Waals surface area contributed by atoms with Crippen LogP contribution >= 0.6 is 0 Å². The molecule has 0 saturated heterocycles. The van der Waals surface area contributed by atoms with Crippen LogP contribution in [-0.4, -0.2) is 11.7 Å². The minimum Gasteiger partial charge on any atom is -0.384 e. The molecule has 0 aliphatic rings. The minimum atomic E-state index is -4.48. The second-order valence-electron chi connectivity index (χ2n) is 2.83. The molecule has 0 aliphatic heterocycles. The highest BCUT2D eigenvalue weighted by atomic mass is 19.4. The van der Waals surface area contributed by atoms with E-state index >= 15 is 0 Å². The third-order valence-electron chi connectivity index (χ3n) is 1.77. The maximum Gasteiger partial charge on any atom is 0.416 e. The van der Waals surface area contributed by atoms with Crippen molar-refractivity contribution in [1.29, 1.82) is 5.26 Å². The first-order valence-electron chi connectivity index (χ1n) is 4.20. The van der Waals surface area contributed by atoms with Crippen LogP contribution in [0.4, 0.5) is 13.2 Å². The molecule has 5 heteroatoms. The van der Waals surface area contributed by atoms with Crippen molar-refractivity contribution in [3.05, 3.63) is 34.9 Å². The molecular weight excluding hydrogens is 219 g/mol. The van der Waals surface area contributed by atoms with E-state index in [2.05, 4.69) is 11.8 Å². The predicted molar refractivity (Wildman–Crippen MR) is 50.1 cm³/mol. The molecular formula is C11H6F3NO. The van der Waals surface area contributed by atoms with E-state index in [0.717, 1.165) is 18.2 Å². The van der Waals surface area contributed by atoms with Crippen LogP contribution in [-0.2, 0) is 6.18 Å². The molecule has 0 spiro atoms. The lowest BCUT2D eigenvalue weighted by Crippen LogP contribution is -2.05. The van der Waals surface area contributed by atoms with Crippen LogP contribution < -0.4 is 0 Å². The van der Waals surface area contributed by atoms with Gasteiger partial charge >= 0.3 is 6.18 Å². The summed E-state index contributed by atoms with van der Waals surface area (Å²) in [5.41, 5.74) is -0.876. The Hall–Kier alpha value is -1.98. The molecule has 0 amide bonds. The molecule has 82 valence electrons. The van der Waals surface area contributed by atoms with Crippen molar-refractivity contribution in [2.24, 2.45) is 0 Å². The Bertz CT molecular complexity index is 489. The monoisotopic (exact) mass is 225 g/mol. The molecule has 1 aromatic carbocycles. The predicted octanol–water partition coefficient (Wildman–Crippen LogP) is 1.92. The third-order valence-corrected chi connectivity index (χ3v) is 1.77. The molecule has 16 heavy (non-hydrogen) atoms. The fourth-order valence-electron chi connectivity index (χ4n) is 1.06. The smallest absolute Gasteiger partial charge is 0.384 e. The van der Waals surface area contributed by atoms with Gasteiger partial charge in [0, 0.05) is 5.56 Å². The van der Waals surface area contributed by atoms with Gasteiger partial charge in [0.05, 0.1) is 11.1 Å². The van der Waals surface area contributed by atoms with Crippen LogP contribution in [0.25, 0.3) is 0 Å². The summed E-state index contributed by atoms with van der Waals surface area (Å²) in [7, 11) is 0. The van der Waals surface area contributed by atoms with Gasteiger partial charge in [-0.2, -0.15) is 18.4 Å². The van der Waals surface area contributed by atoms with E-state index in [1.807, 2.05) is 0 Å². The molecule has 1 N–H and O–H groups in total. The van der Waals surface area contributed by atoms with Crippen molar-refractivity contribution < 1.29 is 18.3 Å². The van der Waals surface area contributed by atoms with Crippen molar-refractivity contribution >= 4 is 0 Å². The molecule has 0 fully saturated rings. The van der Waals surface area contributed by atoms with E-state index < -0.39 is 18.3 Å². The Kier molecular flexibility index (Phi) is 3.55. The van der Waals surface area contributed by atoms with Crippen LogP contribution in [0, 0.1) is 23.2 Å². The van der Waals surface area contributed by atoms with Gasteiger partial charge in [-0.25, -0.2) is 0 Å². The van der Waals surface area contributed by atoms with E-state index in [1.165, 1.54) is 0 Å². The molecule has 0 atom stereocenters. The van der Waals surface area contributed by atoms with Gasteiger partial charge in [-0.05, 0) is 18.2 Å². The molecule has 2 nitrogen and oxygen atoms in total. The Balaban J connectivity index is 3.24. The average Bonchev–Trinajstić information content (AvgIpc) is 2.24. The van der Waals surface area contributed by atoms with Gasteiger partial charge < -0.3 is 5.11 Å². The molecule has 1 aromatic rings. The summed E-state index contributed by atoms with van der Waals surface area (Å²) in [5, 5.41) is 17.1. The van der Waals surface area contributed by atoms with E-state index in [1.54, 1.807) is 6.07 Å². The second-order valence-corrected chi connectivity index (χ2v) is 2.83. The first kappa shape index (κ1) is 12.1. The zero-order valence-electron chi connectivity index (χ0n) is 7.97. The highest BCUT2D eigenvalue weighted by Gasteiger charge is 2.30. The standard InChI is InChI=1S/C11H6F3NO/c12-11(13,14)10-4-3-8(2-1-5-16)9(6-10)7-15/h3-4,6,16H,5H2. The zero-order chi connectivity index (χ0) is 12.2. The number of alkyl halides is 3. The van der Waals surface area contributed by atoms with Crippen molar-refractivity contribution in [1.82, 2.24) is 0 Å². The number of aliphatic hydroxyl groups is 1. The molecule has 0 saturated carbocycles. The van der Waals surface area contributed by atoms with Crippen LogP contribution in [0.1, 0.15) is 16.7 Å². The topological polar surface area (TPSA) is 44.0 Å². The Morgan fingerprint density at radius 3 is 2.44 bits per heavy atom. The average molecular weight is 225 g/mol. The van der Waals surface area contributed by atoms with Crippen molar-refractivity contribution in [3.63, 3.8) is 0 Å². The third kappa shape index (κ3) is 2.75. The van der Waals surface area contributed by atoms with Gasteiger partial charge in [0.25, 0.3) is 0 Å². The number of halogens is 3. The molecule has 1 rings (SSSR count). The molecule has 0 radical (unpaired) electrons. The van der Waals surface area contributed by atoms with Gasteiger partial charge in [-0.1, -0.05) is 11.8 Å². The maximum absolute atomic E-state index is 12.3. The maximum atomic E-state index is 12.3. The minimum absolute atomic E-state index is 0.157. The summed E-state index contributed by atoms with van der Waals surface area (Å²) >= 11 is 0. The Morgan fingerprint density at radius 2 is 1.94 bits per heavy atom. The highest BCUT2D eigenvalue weighted by Crippen LogP contribution is 2.30. The highest BCUT2D eigenvalue weighted by molar-refractivity contribution is 5.50. The lowest BCUT2D eigenvalue weighted by Gasteiger charge is -2.06. The number of rotatable bonds is 0. The SMILES string of the molecule is N#Cc1cc(C(F)(F)F)ccc1C#CCO.